The zero-order chi connectivity index (χ0) is 22.3. The number of carbonyl (C=O) groups is 3. The third kappa shape index (κ3) is 6.25. The van der Waals surface area contributed by atoms with Crippen LogP contribution in [-0.2, 0) is 9.53 Å². The monoisotopic (exact) mass is 429 g/mol. The molecule has 0 fully saturated rings. The minimum atomic E-state index is -0.776. The molecule has 0 heterocycles. The van der Waals surface area contributed by atoms with E-state index in [-0.39, 0.29) is 11.8 Å². The average Bonchev–Trinajstić information content (AvgIpc) is 2.72. The van der Waals surface area contributed by atoms with E-state index < -0.39 is 18.0 Å². The summed E-state index contributed by atoms with van der Waals surface area (Å²) in [6.45, 7) is 5.84. The van der Waals surface area contributed by atoms with Crippen molar-refractivity contribution in [1.29, 1.82) is 0 Å². The van der Waals surface area contributed by atoms with Crippen molar-refractivity contribution in [3.63, 3.8) is 0 Å². The summed E-state index contributed by atoms with van der Waals surface area (Å²) >= 11 is 4.31. The molecule has 1 unspecified atom stereocenters. The van der Waals surface area contributed by atoms with E-state index in [1.807, 2.05) is 45.0 Å². The van der Waals surface area contributed by atoms with Crippen molar-refractivity contribution in [3.8, 4) is 0 Å². The Morgan fingerprint density at radius 3 is 2.23 bits per heavy atom. The maximum Gasteiger partial charge on any atom is 0.337 e. The van der Waals surface area contributed by atoms with Crippen LogP contribution in [0, 0.1) is 12.8 Å². The Morgan fingerprint density at radius 2 is 1.67 bits per heavy atom. The number of urea groups is 1. The van der Waals surface area contributed by atoms with Gasteiger partial charge in [-0.25, -0.2) is 9.59 Å². The Morgan fingerprint density at radius 1 is 1.03 bits per heavy atom. The van der Waals surface area contributed by atoms with Crippen molar-refractivity contribution in [1.82, 2.24) is 4.31 Å². The number of hydrogen-bond acceptors (Lipinski definition) is 5. The highest BCUT2D eigenvalue weighted by Crippen LogP contribution is 2.20. The maximum atomic E-state index is 12.9. The van der Waals surface area contributed by atoms with Gasteiger partial charge in [0, 0.05) is 11.4 Å². The lowest BCUT2D eigenvalue weighted by atomic mass is 10.0. The highest BCUT2D eigenvalue weighted by molar-refractivity contribution is 7.78. The molecule has 0 saturated carbocycles. The van der Waals surface area contributed by atoms with Gasteiger partial charge >= 0.3 is 12.0 Å². The van der Waals surface area contributed by atoms with Crippen LogP contribution in [-0.4, -0.2) is 35.4 Å². The zero-order valence-corrected chi connectivity index (χ0v) is 18.4. The highest BCUT2D eigenvalue weighted by Gasteiger charge is 2.29. The molecule has 160 valence electrons. The van der Waals surface area contributed by atoms with Crippen LogP contribution >= 0.6 is 12.8 Å². The van der Waals surface area contributed by atoms with E-state index in [1.165, 1.54) is 7.11 Å². The number of esters is 1. The summed E-state index contributed by atoms with van der Waals surface area (Å²) in [4.78, 5) is 37.1. The van der Waals surface area contributed by atoms with Crippen molar-refractivity contribution in [3.05, 3.63) is 59.7 Å². The fourth-order valence-electron chi connectivity index (χ4n) is 2.82. The second-order valence-corrected chi connectivity index (χ2v) is 7.72. The lowest BCUT2D eigenvalue weighted by Gasteiger charge is -2.27. The summed E-state index contributed by atoms with van der Waals surface area (Å²) < 4.78 is 5.76. The molecule has 0 aliphatic heterocycles. The van der Waals surface area contributed by atoms with Gasteiger partial charge in [0.2, 0.25) is 5.91 Å². The molecule has 0 saturated heterocycles. The lowest BCUT2D eigenvalue weighted by molar-refractivity contribution is -0.119. The molecular formula is C22H27N3O4S. The first kappa shape index (κ1) is 23.3. The van der Waals surface area contributed by atoms with Gasteiger partial charge < -0.3 is 15.4 Å². The second kappa shape index (κ2) is 10.7. The molecule has 2 aromatic carbocycles. The van der Waals surface area contributed by atoms with Crippen LogP contribution in [0.15, 0.2) is 48.5 Å². The number of carbonyl (C=O) groups excluding carboxylic acids is 3. The molecule has 2 rings (SSSR count). The van der Waals surface area contributed by atoms with Gasteiger partial charge in [-0.3, -0.25) is 9.10 Å². The highest BCUT2D eigenvalue weighted by atomic mass is 32.1. The number of amides is 3. The van der Waals surface area contributed by atoms with E-state index in [4.69, 9.17) is 0 Å². The summed E-state index contributed by atoms with van der Waals surface area (Å²) in [7, 11) is 1.30. The summed E-state index contributed by atoms with van der Waals surface area (Å²) in [5.41, 5.74) is 2.45. The number of nitrogens with zero attached hydrogens (tertiary/aromatic N) is 1. The maximum absolute atomic E-state index is 12.9. The first-order valence-corrected chi connectivity index (χ1v) is 9.97. The molecule has 0 spiro atoms. The molecule has 0 bridgehead atoms. The molecule has 0 aliphatic rings. The van der Waals surface area contributed by atoms with Crippen molar-refractivity contribution >= 4 is 42.1 Å². The van der Waals surface area contributed by atoms with Crippen LogP contribution < -0.4 is 10.6 Å². The molecule has 0 radical (unpaired) electrons. The van der Waals surface area contributed by atoms with Crippen LogP contribution in [0.1, 0.15) is 36.2 Å². The quantitative estimate of drug-likeness (QED) is 0.446. The van der Waals surface area contributed by atoms with E-state index in [9.17, 15) is 14.4 Å². The molecule has 30 heavy (non-hydrogen) atoms. The molecular weight excluding hydrogens is 402 g/mol. The third-order valence-electron chi connectivity index (χ3n) is 4.46. The molecule has 2 aromatic rings. The number of rotatable bonds is 7. The largest absolute Gasteiger partial charge is 0.465 e. The lowest BCUT2D eigenvalue weighted by Crippen LogP contribution is -2.44. The Balaban J connectivity index is 2.12. The summed E-state index contributed by atoms with van der Waals surface area (Å²) in [5.74, 6) is -0.614. The van der Waals surface area contributed by atoms with Gasteiger partial charge in [-0.15, -0.1) is 0 Å². The number of methoxy groups -OCH3 is 1. The van der Waals surface area contributed by atoms with Gasteiger partial charge in [-0.05, 0) is 55.2 Å². The van der Waals surface area contributed by atoms with Gasteiger partial charge in [0.1, 0.15) is 6.04 Å². The number of ether oxygens (including phenoxy) is 1. The number of para-hydroxylation sites is 1. The number of aryl methyl sites for hydroxylation is 1. The van der Waals surface area contributed by atoms with Crippen LogP contribution in [0.4, 0.5) is 16.2 Å². The number of anilines is 2. The Kier molecular flexibility index (Phi) is 8.29. The van der Waals surface area contributed by atoms with Gasteiger partial charge in [-0.1, -0.05) is 44.9 Å². The van der Waals surface area contributed by atoms with Gasteiger partial charge in [0.25, 0.3) is 0 Å². The zero-order valence-electron chi connectivity index (χ0n) is 17.5. The Bertz CT molecular complexity index is 900. The number of benzene rings is 2. The van der Waals surface area contributed by atoms with E-state index in [1.54, 1.807) is 24.3 Å². The molecule has 7 nitrogen and oxygen atoms in total. The Hall–Kier alpha value is -3.00. The number of thiol groups is 1. The van der Waals surface area contributed by atoms with Crippen molar-refractivity contribution < 1.29 is 19.1 Å². The molecule has 3 amide bonds. The fourth-order valence-corrected chi connectivity index (χ4v) is 3.07. The Labute approximate surface area is 182 Å². The van der Waals surface area contributed by atoms with Crippen molar-refractivity contribution in [2.24, 2.45) is 5.92 Å². The van der Waals surface area contributed by atoms with E-state index in [0.29, 0.717) is 23.4 Å². The first-order chi connectivity index (χ1) is 14.2. The van der Waals surface area contributed by atoms with Crippen molar-refractivity contribution in [2.75, 3.05) is 17.7 Å². The first-order valence-electron chi connectivity index (χ1n) is 9.57. The predicted octanol–water partition coefficient (Wildman–Crippen LogP) is 4.51. The molecule has 1 atom stereocenters. The molecule has 8 heteroatoms. The van der Waals surface area contributed by atoms with Gasteiger partial charge in [-0.2, -0.15) is 0 Å². The minimum absolute atomic E-state index is 0.166. The predicted molar refractivity (Wildman–Crippen MR) is 121 cm³/mol. The smallest absolute Gasteiger partial charge is 0.337 e. The van der Waals surface area contributed by atoms with Crippen LogP contribution in [0.5, 0.6) is 0 Å². The molecule has 2 N–H and O–H groups in total. The minimum Gasteiger partial charge on any atom is -0.465 e. The van der Waals surface area contributed by atoms with Crippen LogP contribution in [0.2, 0.25) is 0 Å². The summed E-state index contributed by atoms with van der Waals surface area (Å²) in [6.07, 6.45) is 0.440. The summed E-state index contributed by atoms with van der Waals surface area (Å²) in [6, 6.07) is 12.4. The number of hydrogen-bond donors (Lipinski definition) is 3. The normalized spacial score (nSPS) is 11.5. The van der Waals surface area contributed by atoms with E-state index in [2.05, 4.69) is 28.2 Å². The molecule has 0 aliphatic carbocycles. The van der Waals surface area contributed by atoms with E-state index >= 15 is 0 Å². The third-order valence-corrected chi connectivity index (χ3v) is 4.92. The van der Waals surface area contributed by atoms with Crippen molar-refractivity contribution in [2.45, 2.75) is 33.2 Å². The topological polar surface area (TPSA) is 87.7 Å². The SMILES string of the molecule is COC(=O)c1ccc(NC(=O)N(S)C(CC(C)C)C(=O)Nc2ccccc2C)cc1. The fraction of sp³-hybridized carbons (Fsp3) is 0.318. The second-order valence-electron chi connectivity index (χ2n) is 7.29. The number of nitrogens with one attached hydrogen (secondary N) is 2. The average molecular weight is 430 g/mol. The van der Waals surface area contributed by atoms with Crippen LogP contribution in [0.25, 0.3) is 0 Å². The summed E-state index contributed by atoms with van der Waals surface area (Å²) in [5, 5.41) is 5.57. The van der Waals surface area contributed by atoms with Crippen LogP contribution in [0.3, 0.4) is 0 Å². The molecule has 0 aromatic heterocycles. The standard InChI is InChI=1S/C22H27N3O4S/c1-14(2)13-19(20(26)24-18-8-6-5-7-15(18)3)25(30)22(28)23-17-11-9-16(10-12-17)21(27)29-4/h5-12,14,19,30H,13H2,1-4H3,(H,23,28)(H,24,26). The van der Waals surface area contributed by atoms with E-state index in [0.717, 1.165) is 9.87 Å². The van der Waals surface area contributed by atoms with Gasteiger partial charge in [0.15, 0.2) is 0 Å². The van der Waals surface area contributed by atoms with Gasteiger partial charge in [0.05, 0.1) is 12.7 Å².